The molecule has 12 aromatic rings. The van der Waals surface area contributed by atoms with Crippen molar-refractivity contribution >= 4 is 43.7 Å². The summed E-state index contributed by atoms with van der Waals surface area (Å²) in [7, 11) is 0. The molecule has 0 amide bonds. The van der Waals surface area contributed by atoms with E-state index in [1.807, 2.05) is 66.7 Å². The maximum absolute atomic E-state index is 7.08. The number of nitrogens with zero attached hydrogens (tertiary/aromatic N) is 4. The van der Waals surface area contributed by atoms with Gasteiger partial charge < -0.3 is 8.98 Å². The quantitative estimate of drug-likeness (QED) is 0.161. The molecule has 290 valence electrons. The van der Waals surface area contributed by atoms with Crippen molar-refractivity contribution in [3.63, 3.8) is 0 Å². The summed E-state index contributed by atoms with van der Waals surface area (Å²) < 4.78 is 9.44. The first kappa shape index (κ1) is 35.5. The second-order valence-electron chi connectivity index (χ2n) is 15.6. The van der Waals surface area contributed by atoms with Crippen molar-refractivity contribution in [2.45, 2.75) is 0 Å². The van der Waals surface area contributed by atoms with Crippen LogP contribution in [0.2, 0.25) is 0 Å². The molecule has 5 heteroatoms. The summed E-state index contributed by atoms with van der Waals surface area (Å²) in [6.45, 7) is 0. The Balaban J connectivity index is 1.18. The van der Waals surface area contributed by atoms with E-state index >= 15 is 0 Å². The number of benzene rings is 9. The standard InChI is InChI=1S/C57H36N4O/c1-5-18-37(19-6-1)41-32-42(38-20-7-2-8-21-38)34-43(33-41)44-35-48-53-47(57-59-55(39-22-9-3-10-23-39)58-56(60-57)40-24-11-4-12-25-40)28-17-31-52(53)62-54(48)51(36-44)61-49-29-15-13-26-45(49)46-27-14-16-30-50(46)61/h1-36H. The lowest BCUT2D eigenvalue weighted by molar-refractivity contribution is 0.666. The minimum Gasteiger partial charge on any atom is -0.454 e. The number of fused-ring (bicyclic) bond motifs is 6. The zero-order chi connectivity index (χ0) is 41.0. The third-order valence-electron chi connectivity index (χ3n) is 11.8. The second-order valence-corrected chi connectivity index (χ2v) is 15.6. The first-order valence-electron chi connectivity index (χ1n) is 20.8. The van der Waals surface area contributed by atoms with Gasteiger partial charge in [0.2, 0.25) is 0 Å². The Morgan fingerprint density at radius 3 is 1.29 bits per heavy atom. The van der Waals surface area contributed by atoms with Crippen LogP contribution in [0, 0.1) is 0 Å². The van der Waals surface area contributed by atoms with Gasteiger partial charge in [-0.25, -0.2) is 15.0 Å². The van der Waals surface area contributed by atoms with Crippen LogP contribution in [0.15, 0.2) is 223 Å². The Bertz CT molecular complexity index is 3450. The van der Waals surface area contributed by atoms with Crippen LogP contribution in [0.3, 0.4) is 0 Å². The van der Waals surface area contributed by atoms with Gasteiger partial charge in [0, 0.05) is 38.2 Å². The van der Waals surface area contributed by atoms with Crippen molar-refractivity contribution in [1.29, 1.82) is 0 Å². The van der Waals surface area contributed by atoms with Gasteiger partial charge in [-0.05, 0) is 81.9 Å². The highest BCUT2D eigenvalue weighted by molar-refractivity contribution is 6.17. The second kappa shape index (κ2) is 14.7. The zero-order valence-corrected chi connectivity index (χ0v) is 33.5. The molecule has 12 rings (SSSR count). The van der Waals surface area contributed by atoms with Gasteiger partial charge in [0.15, 0.2) is 23.1 Å². The van der Waals surface area contributed by atoms with Crippen molar-refractivity contribution in [2.75, 3.05) is 0 Å². The summed E-state index contributed by atoms with van der Waals surface area (Å²) >= 11 is 0. The van der Waals surface area contributed by atoms with Crippen molar-refractivity contribution in [3.05, 3.63) is 218 Å². The molecular formula is C57H36N4O. The van der Waals surface area contributed by atoms with E-state index < -0.39 is 0 Å². The van der Waals surface area contributed by atoms with Crippen molar-refractivity contribution in [3.8, 4) is 73.2 Å². The summed E-state index contributed by atoms with van der Waals surface area (Å²) in [6.07, 6.45) is 0. The molecular weight excluding hydrogens is 757 g/mol. The highest BCUT2D eigenvalue weighted by atomic mass is 16.3. The van der Waals surface area contributed by atoms with Gasteiger partial charge in [-0.3, -0.25) is 0 Å². The Morgan fingerprint density at radius 2 is 0.758 bits per heavy atom. The monoisotopic (exact) mass is 792 g/mol. The number of para-hydroxylation sites is 2. The Hall–Kier alpha value is -8.41. The van der Waals surface area contributed by atoms with E-state index in [0.717, 1.165) is 88.7 Å². The summed E-state index contributed by atoms with van der Waals surface area (Å²) in [5.41, 5.74) is 14.2. The van der Waals surface area contributed by atoms with Gasteiger partial charge in [0.1, 0.15) is 5.58 Å². The van der Waals surface area contributed by atoms with Crippen LogP contribution < -0.4 is 0 Å². The summed E-state index contributed by atoms with van der Waals surface area (Å²) in [5.74, 6) is 1.79. The normalized spacial score (nSPS) is 11.5. The van der Waals surface area contributed by atoms with Gasteiger partial charge in [0.25, 0.3) is 0 Å². The molecule has 5 nitrogen and oxygen atoms in total. The summed E-state index contributed by atoms with van der Waals surface area (Å²) in [5, 5.41) is 4.28. The Morgan fingerprint density at radius 1 is 0.323 bits per heavy atom. The van der Waals surface area contributed by atoms with E-state index in [1.165, 1.54) is 10.8 Å². The van der Waals surface area contributed by atoms with E-state index in [2.05, 4.69) is 156 Å². The third kappa shape index (κ3) is 6.06. The van der Waals surface area contributed by atoms with Crippen LogP contribution in [0.25, 0.3) is 117 Å². The molecule has 0 saturated carbocycles. The van der Waals surface area contributed by atoms with Crippen LogP contribution in [0.4, 0.5) is 0 Å². The molecule has 3 heterocycles. The van der Waals surface area contributed by atoms with Crippen LogP contribution >= 0.6 is 0 Å². The molecule has 9 aromatic carbocycles. The third-order valence-corrected chi connectivity index (χ3v) is 11.8. The average molecular weight is 793 g/mol. The maximum atomic E-state index is 7.08. The van der Waals surface area contributed by atoms with E-state index in [9.17, 15) is 0 Å². The molecule has 0 aliphatic heterocycles. The molecule has 0 spiro atoms. The topological polar surface area (TPSA) is 56.7 Å². The molecule has 0 bridgehead atoms. The predicted octanol–water partition coefficient (Wildman–Crippen LogP) is 14.9. The number of furan rings is 1. The first-order chi connectivity index (χ1) is 30.7. The lowest BCUT2D eigenvalue weighted by Crippen LogP contribution is -2.00. The molecule has 0 atom stereocenters. The molecule has 0 aliphatic carbocycles. The van der Waals surface area contributed by atoms with Crippen molar-refractivity contribution < 1.29 is 4.42 Å². The maximum Gasteiger partial charge on any atom is 0.164 e. The van der Waals surface area contributed by atoms with E-state index in [4.69, 9.17) is 19.4 Å². The lowest BCUT2D eigenvalue weighted by Gasteiger charge is -2.14. The highest BCUT2D eigenvalue weighted by Gasteiger charge is 2.23. The molecule has 62 heavy (non-hydrogen) atoms. The number of hydrogen-bond donors (Lipinski definition) is 0. The van der Waals surface area contributed by atoms with Gasteiger partial charge >= 0.3 is 0 Å². The number of aromatic nitrogens is 4. The summed E-state index contributed by atoms with van der Waals surface area (Å²) in [6, 6.07) is 76.4. The molecule has 0 fully saturated rings. The van der Waals surface area contributed by atoms with Crippen LogP contribution in [0.1, 0.15) is 0 Å². The SMILES string of the molecule is c1ccc(-c2cc(-c3ccccc3)cc(-c3cc(-n4c5ccccc5c5ccccc54)c4oc5cccc(-c6nc(-c7ccccc7)nc(-c7ccccc7)n6)c5c4c3)c2)cc1. The summed E-state index contributed by atoms with van der Waals surface area (Å²) in [4.78, 5) is 15.4. The number of hydrogen-bond acceptors (Lipinski definition) is 4. The van der Waals surface area contributed by atoms with Crippen molar-refractivity contribution in [1.82, 2.24) is 19.5 Å². The van der Waals surface area contributed by atoms with E-state index in [0.29, 0.717) is 17.5 Å². The van der Waals surface area contributed by atoms with Crippen LogP contribution in [-0.2, 0) is 0 Å². The molecule has 0 N–H and O–H groups in total. The Kier molecular flexibility index (Phi) is 8.42. The molecule has 0 radical (unpaired) electrons. The predicted molar refractivity (Wildman–Crippen MR) is 254 cm³/mol. The van der Waals surface area contributed by atoms with E-state index in [-0.39, 0.29) is 0 Å². The van der Waals surface area contributed by atoms with Crippen molar-refractivity contribution in [2.24, 2.45) is 0 Å². The fraction of sp³-hybridized carbons (Fsp3) is 0. The smallest absolute Gasteiger partial charge is 0.164 e. The van der Waals surface area contributed by atoms with Crippen LogP contribution in [0.5, 0.6) is 0 Å². The van der Waals surface area contributed by atoms with Gasteiger partial charge in [-0.2, -0.15) is 0 Å². The fourth-order valence-corrected chi connectivity index (χ4v) is 8.93. The molecule has 0 aliphatic rings. The van der Waals surface area contributed by atoms with Gasteiger partial charge in [0.05, 0.1) is 16.7 Å². The zero-order valence-electron chi connectivity index (χ0n) is 33.5. The fourth-order valence-electron chi connectivity index (χ4n) is 8.93. The minimum absolute atomic E-state index is 0.576. The first-order valence-corrected chi connectivity index (χ1v) is 20.8. The highest BCUT2D eigenvalue weighted by Crippen LogP contribution is 2.44. The molecule has 3 aromatic heterocycles. The largest absolute Gasteiger partial charge is 0.454 e. The van der Waals surface area contributed by atoms with Gasteiger partial charge in [-0.1, -0.05) is 170 Å². The average Bonchev–Trinajstić information content (AvgIpc) is 3.91. The number of rotatable bonds is 7. The van der Waals surface area contributed by atoms with Gasteiger partial charge in [-0.15, -0.1) is 0 Å². The Labute approximate surface area is 357 Å². The van der Waals surface area contributed by atoms with E-state index in [1.54, 1.807) is 0 Å². The molecule has 0 saturated heterocycles. The lowest BCUT2D eigenvalue weighted by atomic mass is 9.92. The minimum atomic E-state index is 0.576. The molecule has 0 unspecified atom stereocenters. The van der Waals surface area contributed by atoms with Crippen LogP contribution in [-0.4, -0.2) is 19.5 Å².